The van der Waals surface area contributed by atoms with Crippen LogP contribution in [0, 0.1) is 11.8 Å². The fourth-order valence-corrected chi connectivity index (χ4v) is 5.23. The van der Waals surface area contributed by atoms with Crippen LogP contribution in [0.4, 0.5) is 0 Å². The highest BCUT2D eigenvalue weighted by Gasteiger charge is 2.43. The quantitative estimate of drug-likeness (QED) is 0.837. The van der Waals surface area contributed by atoms with E-state index in [9.17, 15) is 8.42 Å². The molecule has 1 heterocycles. The van der Waals surface area contributed by atoms with Gasteiger partial charge in [0.25, 0.3) is 0 Å². The molecule has 21 heavy (non-hydrogen) atoms. The SMILES string of the molecule is Cl.NC1CCCC2CN(S(=O)(=O)c3ccc(Br)cc3)CC12. The van der Waals surface area contributed by atoms with Gasteiger partial charge in [-0.05, 0) is 48.9 Å². The zero-order chi connectivity index (χ0) is 14.3. The Morgan fingerprint density at radius 2 is 1.81 bits per heavy atom. The van der Waals surface area contributed by atoms with Crippen molar-refractivity contribution < 1.29 is 8.42 Å². The summed E-state index contributed by atoms with van der Waals surface area (Å²) in [4.78, 5) is 0.368. The predicted octanol–water partition coefficient (Wildman–Crippen LogP) is 2.62. The molecule has 0 radical (unpaired) electrons. The monoisotopic (exact) mass is 394 g/mol. The highest BCUT2D eigenvalue weighted by atomic mass is 79.9. The number of rotatable bonds is 2. The second kappa shape index (κ2) is 6.54. The van der Waals surface area contributed by atoms with Crippen molar-refractivity contribution >= 4 is 38.4 Å². The molecule has 1 aliphatic heterocycles. The maximum Gasteiger partial charge on any atom is 0.243 e. The molecule has 1 aliphatic carbocycles. The highest BCUT2D eigenvalue weighted by Crippen LogP contribution is 2.37. The molecule has 1 aromatic rings. The van der Waals surface area contributed by atoms with Crippen LogP contribution in [0.15, 0.2) is 33.6 Å². The number of hydrogen-bond acceptors (Lipinski definition) is 3. The maximum absolute atomic E-state index is 12.7. The lowest BCUT2D eigenvalue weighted by atomic mass is 9.78. The third-order valence-electron chi connectivity index (χ3n) is 4.57. The second-order valence-corrected chi connectivity index (χ2v) is 8.65. The molecule has 2 fully saturated rings. The van der Waals surface area contributed by atoms with E-state index in [1.807, 2.05) is 0 Å². The zero-order valence-electron chi connectivity index (χ0n) is 11.6. The van der Waals surface area contributed by atoms with Crippen molar-refractivity contribution in [2.45, 2.75) is 30.2 Å². The van der Waals surface area contributed by atoms with Crippen molar-refractivity contribution in [1.82, 2.24) is 4.31 Å². The normalized spacial score (nSPS) is 29.7. The van der Waals surface area contributed by atoms with Crippen LogP contribution in [0.25, 0.3) is 0 Å². The van der Waals surface area contributed by atoms with E-state index >= 15 is 0 Å². The number of fused-ring (bicyclic) bond motifs is 1. The molecule has 3 atom stereocenters. The van der Waals surface area contributed by atoms with Gasteiger partial charge in [0.05, 0.1) is 4.90 Å². The van der Waals surface area contributed by atoms with Crippen LogP contribution in [0.3, 0.4) is 0 Å². The number of nitrogens with two attached hydrogens (primary N) is 1. The molecule has 118 valence electrons. The first-order valence-corrected chi connectivity index (χ1v) is 9.23. The molecule has 0 spiro atoms. The lowest BCUT2D eigenvalue weighted by Gasteiger charge is -2.29. The van der Waals surface area contributed by atoms with Crippen molar-refractivity contribution in [3.8, 4) is 0 Å². The first-order chi connectivity index (χ1) is 9.48. The van der Waals surface area contributed by atoms with Crippen molar-refractivity contribution in [3.05, 3.63) is 28.7 Å². The predicted molar refractivity (Wildman–Crippen MR) is 89.0 cm³/mol. The minimum atomic E-state index is -3.38. The molecule has 0 amide bonds. The van der Waals surface area contributed by atoms with Gasteiger partial charge < -0.3 is 5.73 Å². The Labute approximate surface area is 140 Å². The number of halogens is 2. The van der Waals surface area contributed by atoms with Crippen LogP contribution in [0.1, 0.15) is 19.3 Å². The Balaban J connectivity index is 0.00000161. The molecule has 2 aliphatic rings. The number of nitrogens with zero attached hydrogens (tertiary/aromatic N) is 1. The molecule has 7 heteroatoms. The fourth-order valence-electron chi connectivity index (χ4n) is 3.43. The lowest BCUT2D eigenvalue weighted by molar-refractivity contribution is 0.260. The second-order valence-electron chi connectivity index (χ2n) is 5.79. The summed E-state index contributed by atoms with van der Waals surface area (Å²) < 4.78 is 27.8. The molecule has 4 nitrogen and oxygen atoms in total. The zero-order valence-corrected chi connectivity index (χ0v) is 14.8. The maximum atomic E-state index is 12.7. The summed E-state index contributed by atoms with van der Waals surface area (Å²) in [5.41, 5.74) is 6.16. The largest absolute Gasteiger partial charge is 0.327 e. The minimum Gasteiger partial charge on any atom is -0.327 e. The molecule has 1 saturated heterocycles. The fraction of sp³-hybridized carbons (Fsp3) is 0.571. The van der Waals surface area contributed by atoms with Crippen LogP contribution in [0.2, 0.25) is 0 Å². The van der Waals surface area contributed by atoms with Gasteiger partial charge in [0.15, 0.2) is 0 Å². The van der Waals surface area contributed by atoms with E-state index in [2.05, 4.69) is 15.9 Å². The molecule has 0 bridgehead atoms. The third kappa shape index (κ3) is 3.29. The molecular formula is C14H20BrClN2O2S. The minimum absolute atomic E-state index is 0. The Morgan fingerprint density at radius 1 is 1.14 bits per heavy atom. The summed E-state index contributed by atoms with van der Waals surface area (Å²) in [6, 6.07) is 6.99. The van der Waals surface area contributed by atoms with E-state index in [0.29, 0.717) is 29.8 Å². The van der Waals surface area contributed by atoms with E-state index in [0.717, 1.165) is 23.7 Å². The van der Waals surface area contributed by atoms with Crippen molar-refractivity contribution in [2.75, 3.05) is 13.1 Å². The van der Waals surface area contributed by atoms with Crippen molar-refractivity contribution in [1.29, 1.82) is 0 Å². The van der Waals surface area contributed by atoms with Gasteiger partial charge in [-0.1, -0.05) is 22.4 Å². The van der Waals surface area contributed by atoms with Crippen LogP contribution < -0.4 is 5.73 Å². The number of hydrogen-bond donors (Lipinski definition) is 1. The Bertz CT molecular complexity index is 593. The molecule has 1 aromatic carbocycles. The van der Waals surface area contributed by atoms with Crippen molar-refractivity contribution in [2.24, 2.45) is 17.6 Å². The van der Waals surface area contributed by atoms with Crippen molar-refractivity contribution in [3.63, 3.8) is 0 Å². The van der Waals surface area contributed by atoms with Gasteiger partial charge >= 0.3 is 0 Å². The van der Waals surface area contributed by atoms with Gasteiger partial charge in [0, 0.05) is 23.6 Å². The van der Waals surface area contributed by atoms with Crippen LogP contribution in [-0.2, 0) is 10.0 Å². The summed E-state index contributed by atoms with van der Waals surface area (Å²) in [6.07, 6.45) is 3.24. The Hall–Kier alpha value is -0.140. The van der Waals surface area contributed by atoms with E-state index < -0.39 is 10.0 Å². The van der Waals surface area contributed by atoms with E-state index in [1.54, 1.807) is 28.6 Å². The van der Waals surface area contributed by atoms with Crippen LogP contribution >= 0.6 is 28.3 Å². The summed E-state index contributed by atoms with van der Waals surface area (Å²) in [5, 5.41) is 0. The molecule has 3 rings (SSSR count). The molecule has 1 saturated carbocycles. The average Bonchev–Trinajstić information content (AvgIpc) is 2.85. The highest BCUT2D eigenvalue weighted by molar-refractivity contribution is 9.10. The van der Waals surface area contributed by atoms with E-state index in [4.69, 9.17) is 5.73 Å². The number of benzene rings is 1. The van der Waals surface area contributed by atoms with Gasteiger partial charge in [-0.2, -0.15) is 4.31 Å². The first kappa shape index (κ1) is 17.2. The molecule has 0 aromatic heterocycles. The van der Waals surface area contributed by atoms with Gasteiger partial charge in [-0.3, -0.25) is 0 Å². The van der Waals surface area contributed by atoms with Crippen LogP contribution in [-0.4, -0.2) is 31.9 Å². The molecule has 2 N–H and O–H groups in total. The Morgan fingerprint density at radius 3 is 2.43 bits per heavy atom. The lowest BCUT2D eigenvalue weighted by Crippen LogP contribution is -2.38. The van der Waals surface area contributed by atoms with E-state index in [-0.39, 0.29) is 18.4 Å². The summed E-state index contributed by atoms with van der Waals surface area (Å²) in [5.74, 6) is 0.762. The smallest absolute Gasteiger partial charge is 0.243 e. The Kier molecular flexibility index (Phi) is 5.36. The topological polar surface area (TPSA) is 63.4 Å². The molecule has 3 unspecified atom stereocenters. The summed E-state index contributed by atoms with van der Waals surface area (Å²) in [7, 11) is -3.38. The average molecular weight is 396 g/mol. The standard InChI is InChI=1S/C14H19BrN2O2S.ClH/c15-11-4-6-12(7-5-11)20(18,19)17-8-10-2-1-3-14(16)13(10)9-17;/h4-7,10,13-14H,1-3,8-9,16H2;1H. The molecular weight excluding hydrogens is 376 g/mol. The third-order valence-corrected chi connectivity index (χ3v) is 6.95. The summed E-state index contributed by atoms with van der Waals surface area (Å²) >= 11 is 3.33. The van der Waals surface area contributed by atoms with Crippen LogP contribution in [0.5, 0.6) is 0 Å². The first-order valence-electron chi connectivity index (χ1n) is 7.00. The van der Waals surface area contributed by atoms with Gasteiger partial charge in [0.1, 0.15) is 0 Å². The number of sulfonamides is 1. The van der Waals surface area contributed by atoms with Gasteiger partial charge in [-0.25, -0.2) is 8.42 Å². The van der Waals surface area contributed by atoms with E-state index in [1.165, 1.54) is 0 Å². The van der Waals surface area contributed by atoms with Gasteiger partial charge in [0.2, 0.25) is 10.0 Å². The summed E-state index contributed by atoms with van der Waals surface area (Å²) in [6.45, 7) is 1.20. The van der Waals surface area contributed by atoms with Gasteiger partial charge in [-0.15, -0.1) is 12.4 Å².